The Morgan fingerprint density at radius 1 is 1.16 bits per heavy atom. The van der Waals surface area contributed by atoms with E-state index in [0.717, 1.165) is 24.2 Å². The molecule has 0 heterocycles. The molecule has 0 saturated heterocycles. The van der Waals surface area contributed by atoms with Gasteiger partial charge in [-0.2, -0.15) is 0 Å². The molecule has 25 heavy (non-hydrogen) atoms. The third kappa shape index (κ3) is 4.40. The fraction of sp³-hybridized carbons (Fsp3) is 0.429. The van der Waals surface area contributed by atoms with Crippen molar-refractivity contribution >= 4 is 0 Å². The van der Waals surface area contributed by atoms with E-state index in [-0.39, 0.29) is 0 Å². The maximum absolute atomic E-state index is 10.3. The molecule has 0 radical (unpaired) electrons. The molecule has 2 unspecified atom stereocenters. The average molecular weight is 341 g/mol. The van der Waals surface area contributed by atoms with Crippen molar-refractivity contribution < 1.29 is 14.6 Å². The monoisotopic (exact) mass is 341 g/mol. The molecule has 2 aromatic rings. The van der Waals surface area contributed by atoms with Gasteiger partial charge in [0, 0.05) is 18.2 Å². The number of rotatable bonds is 8. The van der Waals surface area contributed by atoms with Crippen LogP contribution in [0.5, 0.6) is 5.75 Å². The van der Waals surface area contributed by atoms with Crippen LogP contribution in [0.2, 0.25) is 0 Å². The van der Waals surface area contributed by atoms with E-state index in [1.807, 2.05) is 24.3 Å². The number of hydrogen-bond acceptors (Lipinski definition) is 4. The molecule has 0 aromatic heterocycles. The van der Waals surface area contributed by atoms with Gasteiger partial charge in [-0.25, -0.2) is 0 Å². The van der Waals surface area contributed by atoms with Crippen LogP contribution in [0.1, 0.15) is 29.2 Å². The molecule has 0 spiro atoms. The molecule has 0 saturated carbocycles. The summed E-state index contributed by atoms with van der Waals surface area (Å²) in [5, 5.41) is 10.3. The fourth-order valence-corrected chi connectivity index (χ4v) is 3.63. The summed E-state index contributed by atoms with van der Waals surface area (Å²) in [6.45, 7) is 1.36. The number of aliphatic hydroxyl groups is 1. The summed E-state index contributed by atoms with van der Waals surface area (Å²) in [6.07, 6.45) is 1.73. The molecule has 2 atom stereocenters. The van der Waals surface area contributed by atoms with Gasteiger partial charge in [-0.1, -0.05) is 42.5 Å². The Kier molecular flexibility index (Phi) is 6.08. The van der Waals surface area contributed by atoms with Crippen LogP contribution < -0.4 is 4.74 Å². The molecule has 0 fully saturated rings. The second kappa shape index (κ2) is 8.48. The summed E-state index contributed by atoms with van der Waals surface area (Å²) in [4.78, 5) is 2.24. The zero-order valence-corrected chi connectivity index (χ0v) is 15.0. The van der Waals surface area contributed by atoms with Crippen molar-refractivity contribution in [3.8, 4) is 5.75 Å². The molecule has 3 rings (SSSR count). The van der Waals surface area contributed by atoms with Gasteiger partial charge in [0.15, 0.2) is 0 Å². The summed E-state index contributed by atoms with van der Waals surface area (Å²) in [5.74, 6) is 0.816. The average Bonchev–Trinajstić information content (AvgIpc) is 3.06. The molecular formula is C21H27NO3. The first-order valence-electron chi connectivity index (χ1n) is 8.84. The number of benzene rings is 2. The minimum atomic E-state index is -0.507. The molecule has 1 N–H and O–H groups in total. The lowest BCUT2D eigenvalue weighted by Crippen LogP contribution is -2.34. The highest BCUT2D eigenvalue weighted by Crippen LogP contribution is 2.34. The van der Waals surface area contributed by atoms with Gasteiger partial charge in [0.05, 0.1) is 26.4 Å². The van der Waals surface area contributed by atoms with Gasteiger partial charge in [-0.15, -0.1) is 0 Å². The second-order valence-electron chi connectivity index (χ2n) is 6.67. The second-order valence-corrected chi connectivity index (χ2v) is 6.67. The number of ether oxygens (including phenoxy) is 2. The maximum atomic E-state index is 10.3. The van der Waals surface area contributed by atoms with Gasteiger partial charge in [0.2, 0.25) is 0 Å². The predicted octanol–water partition coefficient (Wildman–Crippen LogP) is 3.19. The first kappa shape index (κ1) is 17.9. The van der Waals surface area contributed by atoms with E-state index in [4.69, 9.17) is 9.47 Å². The first-order chi connectivity index (χ1) is 12.2. The van der Waals surface area contributed by atoms with E-state index < -0.39 is 6.10 Å². The molecule has 0 bridgehead atoms. The van der Waals surface area contributed by atoms with Gasteiger partial charge in [-0.05, 0) is 37.1 Å². The Bertz CT molecular complexity index is 688. The molecule has 0 amide bonds. The smallest absolute Gasteiger partial charge is 0.124 e. The van der Waals surface area contributed by atoms with Crippen LogP contribution in [0.3, 0.4) is 0 Å². The van der Waals surface area contributed by atoms with Crippen molar-refractivity contribution in [1.82, 2.24) is 4.90 Å². The molecule has 1 aliphatic carbocycles. The normalized spacial score (nSPS) is 17.5. The molecule has 0 aliphatic heterocycles. The van der Waals surface area contributed by atoms with Gasteiger partial charge in [-0.3, -0.25) is 4.90 Å². The van der Waals surface area contributed by atoms with Gasteiger partial charge < -0.3 is 14.6 Å². The molecule has 1 aliphatic rings. The number of methoxy groups -OCH3 is 1. The molecular weight excluding hydrogens is 314 g/mol. The standard InChI is InChI=1S/C21H27NO3/c1-22(20-12-11-16-7-3-5-9-19(16)20)13-18(23)15-25-14-17-8-4-6-10-21(17)24-2/h3-10,18,20,23H,11-15H2,1-2H3. The molecule has 4 nitrogen and oxygen atoms in total. The van der Waals surface area contributed by atoms with Crippen LogP contribution in [0.15, 0.2) is 48.5 Å². The third-order valence-corrected chi connectivity index (χ3v) is 4.89. The van der Waals surface area contributed by atoms with E-state index in [1.165, 1.54) is 11.1 Å². The van der Waals surface area contributed by atoms with Crippen molar-refractivity contribution in [2.24, 2.45) is 0 Å². The Morgan fingerprint density at radius 3 is 2.76 bits per heavy atom. The van der Waals surface area contributed by atoms with Crippen molar-refractivity contribution in [3.63, 3.8) is 0 Å². The Hall–Kier alpha value is -1.88. The molecule has 4 heteroatoms. The minimum Gasteiger partial charge on any atom is -0.496 e. The summed E-state index contributed by atoms with van der Waals surface area (Å²) in [5.41, 5.74) is 3.82. The number of aliphatic hydroxyl groups excluding tert-OH is 1. The number of nitrogens with zero attached hydrogens (tertiary/aromatic N) is 1. The zero-order chi connectivity index (χ0) is 17.6. The van der Waals surface area contributed by atoms with E-state index >= 15 is 0 Å². The predicted molar refractivity (Wildman–Crippen MR) is 98.8 cm³/mol. The van der Waals surface area contributed by atoms with E-state index in [9.17, 15) is 5.11 Å². The lowest BCUT2D eigenvalue weighted by Gasteiger charge is -2.27. The van der Waals surface area contributed by atoms with Crippen molar-refractivity contribution in [1.29, 1.82) is 0 Å². The maximum Gasteiger partial charge on any atom is 0.124 e. The SMILES string of the molecule is COc1ccccc1COCC(O)CN(C)C1CCc2ccccc21. The van der Waals surface area contributed by atoms with Gasteiger partial charge in [0.25, 0.3) is 0 Å². The Balaban J connectivity index is 1.47. The Morgan fingerprint density at radius 2 is 1.92 bits per heavy atom. The van der Waals surface area contributed by atoms with E-state index in [0.29, 0.717) is 25.8 Å². The van der Waals surface area contributed by atoms with Crippen LogP contribution in [0.25, 0.3) is 0 Å². The lowest BCUT2D eigenvalue weighted by atomic mass is 10.1. The molecule has 134 valence electrons. The largest absolute Gasteiger partial charge is 0.496 e. The zero-order valence-electron chi connectivity index (χ0n) is 15.0. The highest BCUT2D eigenvalue weighted by atomic mass is 16.5. The van der Waals surface area contributed by atoms with Crippen molar-refractivity contribution in [2.45, 2.75) is 31.6 Å². The number of aryl methyl sites for hydroxylation is 1. The highest BCUT2D eigenvalue weighted by Gasteiger charge is 2.26. The van der Waals surface area contributed by atoms with Crippen molar-refractivity contribution in [2.75, 3.05) is 27.3 Å². The van der Waals surface area contributed by atoms with E-state index in [1.54, 1.807) is 7.11 Å². The Labute approximate surface area is 150 Å². The topological polar surface area (TPSA) is 41.9 Å². The van der Waals surface area contributed by atoms with Gasteiger partial charge in [0.1, 0.15) is 5.75 Å². The quantitative estimate of drug-likeness (QED) is 0.801. The van der Waals surface area contributed by atoms with Crippen molar-refractivity contribution in [3.05, 3.63) is 65.2 Å². The fourth-order valence-electron chi connectivity index (χ4n) is 3.63. The van der Waals surface area contributed by atoms with Gasteiger partial charge >= 0.3 is 0 Å². The highest BCUT2D eigenvalue weighted by molar-refractivity contribution is 5.34. The summed E-state index contributed by atoms with van der Waals surface area (Å²) < 4.78 is 11.0. The van der Waals surface area contributed by atoms with Crippen LogP contribution in [0.4, 0.5) is 0 Å². The third-order valence-electron chi connectivity index (χ3n) is 4.89. The van der Waals surface area contributed by atoms with E-state index in [2.05, 4.69) is 36.2 Å². The number of fused-ring (bicyclic) bond motifs is 1. The lowest BCUT2D eigenvalue weighted by molar-refractivity contribution is 0.00701. The summed E-state index contributed by atoms with van der Waals surface area (Å²) in [6, 6.07) is 16.8. The summed E-state index contributed by atoms with van der Waals surface area (Å²) in [7, 11) is 3.73. The van der Waals surface area contributed by atoms with Crippen LogP contribution in [-0.2, 0) is 17.8 Å². The number of likely N-dealkylation sites (N-methyl/N-ethyl adjacent to an activating group) is 1. The first-order valence-corrected chi connectivity index (χ1v) is 8.84. The van der Waals surface area contributed by atoms with Crippen LogP contribution in [0, 0.1) is 0 Å². The van der Waals surface area contributed by atoms with Crippen LogP contribution in [-0.4, -0.2) is 43.4 Å². The van der Waals surface area contributed by atoms with Crippen LogP contribution >= 0.6 is 0 Å². The minimum absolute atomic E-state index is 0.316. The summed E-state index contributed by atoms with van der Waals surface area (Å²) >= 11 is 0. The molecule has 2 aromatic carbocycles. The number of para-hydroxylation sites is 1. The number of hydrogen-bond donors (Lipinski definition) is 1.